The van der Waals surface area contributed by atoms with Crippen LogP contribution in [0.15, 0.2) is 30.3 Å². The molecule has 0 aliphatic heterocycles. The summed E-state index contributed by atoms with van der Waals surface area (Å²) in [6.07, 6.45) is -1.87. The van der Waals surface area contributed by atoms with Crippen molar-refractivity contribution in [1.29, 1.82) is 0 Å². The molecule has 0 aliphatic rings. The fraction of sp³-hybridized carbons (Fsp3) is 0.273. The molecule has 2 N–H and O–H groups in total. The minimum atomic E-state index is -1.08. The second-order valence-corrected chi connectivity index (χ2v) is 3.02. The van der Waals surface area contributed by atoms with Crippen LogP contribution in [-0.4, -0.2) is 12.1 Å². The molecular formula is C11H13NO4. The van der Waals surface area contributed by atoms with Gasteiger partial charge in [0.2, 0.25) is 0 Å². The van der Waals surface area contributed by atoms with Gasteiger partial charge in [-0.05, 0) is 0 Å². The van der Waals surface area contributed by atoms with Crippen LogP contribution in [0.2, 0.25) is 0 Å². The molecule has 16 heavy (non-hydrogen) atoms. The summed E-state index contributed by atoms with van der Waals surface area (Å²) in [5, 5.41) is 0. The number of carbonyl (C=O) groups excluding carboxylic acids is 2. The molecule has 5 heteroatoms. The zero-order valence-electron chi connectivity index (χ0n) is 8.88. The Morgan fingerprint density at radius 2 is 1.88 bits per heavy atom. The second-order valence-electron chi connectivity index (χ2n) is 3.02. The standard InChI is InChI=1S/C11H13NO4/c1-2-9(13)15-10(16-11(12)14)8-6-4-3-5-7-8/h3-7,10H,2H2,1H3,(H2,12,14). The molecule has 0 fully saturated rings. The summed E-state index contributed by atoms with van der Waals surface area (Å²) in [4.78, 5) is 21.8. The first-order valence-electron chi connectivity index (χ1n) is 4.84. The van der Waals surface area contributed by atoms with Gasteiger partial charge >= 0.3 is 12.1 Å². The van der Waals surface area contributed by atoms with E-state index in [4.69, 9.17) is 15.2 Å². The van der Waals surface area contributed by atoms with Gasteiger partial charge < -0.3 is 15.2 Å². The van der Waals surface area contributed by atoms with E-state index in [0.717, 1.165) is 0 Å². The quantitative estimate of drug-likeness (QED) is 0.622. The van der Waals surface area contributed by atoms with Crippen molar-refractivity contribution in [3.63, 3.8) is 0 Å². The lowest BCUT2D eigenvalue weighted by Gasteiger charge is -2.16. The molecule has 1 aromatic rings. The molecule has 0 spiro atoms. The number of hydrogen-bond donors (Lipinski definition) is 1. The minimum absolute atomic E-state index is 0.200. The maximum atomic E-state index is 11.1. The first kappa shape index (κ1) is 12.0. The second kappa shape index (κ2) is 5.75. The lowest BCUT2D eigenvalue weighted by atomic mass is 10.2. The molecule has 0 heterocycles. The molecule has 0 aromatic heterocycles. The van der Waals surface area contributed by atoms with Crippen molar-refractivity contribution in [2.75, 3.05) is 0 Å². The number of hydrogen-bond acceptors (Lipinski definition) is 4. The van der Waals surface area contributed by atoms with Gasteiger partial charge in [-0.1, -0.05) is 37.3 Å². The van der Waals surface area contributed by atoms with Gasteiger partial charge in [-0.25, -0.2) is 4.79 Å². The highest BCUT2D eigenvalue weighted by atomic mass is 16.7. The van der Waals surface area contributed by atoms with Gasteiger partial charge in [-0.2, -0.15) is 0 Å². The number of primary amides is 1. The van der Waals surface area contributed by atoms with Gasteiger partial charge in [-0.3, -0.25) is 4.79 Å². The zero-order valence-corrected chi connectivity index (χ0v) is 8.88. The van der Waals surface area contributed by atoms with Gasteiger partial charge in [-0.15, -0.1) is 0 Å². The Bertz CT molecular complexity index is 364. The van der Waals surface area contributed by atoms with Gasteiger partial charge in [0, 0.05) is 12.0 Å². The predicted octanol–water partition coefficient (Wildman–Crippen LogP) is 1.73. The number of amides is 1. The lowest BCUT2D eigenvalue weighted by molar-refractivity contribution is -0.168. The molecule has 0 aliphatic carbocycles. The van der Waals surface area contributed by atoms with Crippen LogP contribution in [-0.2, 0) is 14.3 Å². The van der Waals surface area contributed by atoms with Crippen molar-refractivity contribution < 1.29 is 19.1 Å². The summed E-state index contributed by atoms with van der Waals surface area (Å²) in [7, 11) is 0. The summed E-state index contributed by atoms with van der Waals surface area (Å²) >= 11 is 0. The lowest BCUT2D eigenvalue weighted by Crippen LogP contribution is -2.21. The molecule has 1 atom stereocenters. The third-order valence-corrected chi connectivity index (χ3v) is 1.82. The molecule has 1 aromatic carbocycles. The Morgan fingerprint density at radius 1 is 1.25 bits per heavy atom. The summed E-state index contributed by atoms with van der Waals surface area (Å²) in [6.45, 7) is 1.65. The third-order valence-electron chi connectivity index (χ3n) is 1.82. The number of nitrogens with two attached hydrogens (primary N) is 1. The highest BCUT2D eigenvalue weighted by molar-refractivity contribution is 5.70. The average molecular weight is 223 g/mol. The molecule has 1 unspecified atom stereocenters. The van der Waals surface area contributed by atoms with Crippen LogP contribution in [0.1, 0.15) is 25.2 Å². The normalized spacial score (nSPS) is 11.6. The molecule has 0 bridgehead atoms. The van der Waals surface area contributed by atoms with Crippen molar-refractivity contribution in [3.8, 4) is 0 Å². The van der Waals surface area contributed by atoms with Crippen molar-refractivity contribution >= 4 is 12.1 Å². The van der Waals surface area contributed by atoms with Crippen LogP contribution >= 0.6 is 0 Å². The highest BCUT2D eigenvalue weighted by Gasteiger charge is 2.18. The van der Waals surface area contributed by atoms with Crippen molar-refractivity contribution in [2.24, 2.45) is 5.73 Å². The summed E-state index contributed by atoms with van der Waals surface area (Å²) in [5.74, 6) is -0.463. The van der Waals surface area contributed by atoms with E-state index >= 15 is 0 Å². The summed E-state index contributed by atoms with van der Waals surface area (Å²) < 4.78 is 9.64. The average Bonchev–Trinajstić information content (AvgIpc) is 2.28. The van der Waals surface area contributed by atoms with Crippen molar-refractivity contribution in [1.82, 2.24) is 0 Å². The number of benzene rings is 1. The smallest absolute Gasteiger partial charge is 0.407 e. The van der Waals surface area contributed by atoms with Crippen molar-refractivity contribution in [3.05, 3.63) is 35.9 Å². The first-order chi connectivity index (χ1) is 7.63. The van der Waals surface area contributed by atoms with Crippen LogP contribution < -0.4 is 5.73 Å². The van der Waals surface area contributed by atoms with Gasteiger partial charge in [0.25, 0.3) is 6.29 Å². The van der Waals surface area contributed by atoms with Gasteiger partial charge in [0.1, 0.15) is 0 Å². The number of carbonyl (C=O) groups is 2. The van der Waals surface area contributed by atoms with Crippen molar-refractivity contribution in [2.45, 2.75) is 19.6 Å². The number of ether oxygens (including phenoxy) is 2. The first-order valence-corrected chi connectivity index (χ1v) is 4.84. The maximum absolute atomic E-state index is 11.1. The zero-order chi connectivity index (χ0) is 12.0. The van der Waals surface area contributed by atoms with Crippen LogP contribution in [0, 0.1) is 0 Å². The van der Waals surface area contributed by atoms with E-state index in [2.05, 4.69) is 0 Å². The van der Waals surface area contributed by atoms with Crippen LogP contribution in [0.3, 0.4) is 0 Å². The van der Waals surface area contributed by atoms with E-state index in [-0.39, 0.29) is 6.42 Å². The topological polar surface area (TPSA) is 78.6 Å². The molecule has 0 saturated heterocycles. The Hall–Kier alpha value is -2.04. The molecule has 86 valence electrons. The van der Waals surface area contributed by atoms with Gasteiger partial charge in [0.05, 0.1) is 0 Å². The van der Waals surface area contributed by atoms with Gasteiger partial charge in [0.15, 0.2) is 0 Å². The summed E-state index contributed by atoms with van der Waals surface area (Å²) in [5.41, 5.74) is 5.45. The van der Waals surface area contributed by atoms with E-state index in [0.29, 0.717) is 5.56 Å². The van der Waals surface area contributed by atoms with E-state index in [1.165, 1.54) is 0 Å². The number of rotatable bonds is 4. The predicted molar refractivity (Wildman–Crippen MR) is 56.2 cm³/mol. The molecule has 1 rings (SSSR count). The fourth-order valence-corrected chi connectivity index (χ4v) is 1.08. The molecule has 5 nitrogen and oxygen atoms in total. The van der Waals surface area contributed by atoms with E-state index in [9.17, 15) is 9.59 Å². The molecule has 0 saturated carbocycles. The maximum Gasteiger partial charge on any atom is 0.407 e. The Kier molecular flexibility index (Phi) is 4.32. The SMILES string of the molecule is CCC(=O)OC(OC(N)=O)c1ccccc1. The largest absolute Gasteiger partial charge is 0.420 e. The van der Waals surface area contributed by atoms with Crippen LogP contribution in [0.5, 0.6) is 0 Å². The molecular weight excluding hydrogens is 210 g/mol. The van der Waals surface area contributed by atoms with E-state index in [1.54, 1.807) is 37.3 Å². The Balaban J connectivity index is 2.79. The summed E-state index contributed by atoms with van der Waals surface area (Å²) in [6, 6.07) is 8.64. The third kappa shape index (κ3) is 3.61. The van der Waals surface area contributed by atoms with Crippen LogP contribution in [0.25, 0.3) is 0 Å². The highest BCUT2D eigenvalue weighted by Crippen LogP contribution is 2.19. The molecule has 0 radical (unpaired) electrons. The fourth-order valence-electron chi connectivity index (χ4n) is 1.08. The Labute approximate surface area is 93.1 Å². The monoisotopic (exact) mass is 223 g/mol. The van der Waals surface area contributed by atoms with E-state index in [1.807, 2.05) is 0 Å². The minimum Gasteiger partial charge on any atom is -0.420 e. The Morgan fingerprint density at radius 3 is 2.38 bits per heavy atom. The molecule has 1 amide bonds. The van der Waals surface area contributed by atoms with E-state index < -0.39 is 18.4 Å². The number of esters is 1. The van der Waals surface area contributed by atoms with Crippen LogP contribution in [0.4, 0.5) is 4.79 Å².